The SMILES string of the molecule is c1ccc(-c2ccc(N(c3ccccc3)c3ccc(-c4ccc(C5c6ccccc6-c6ccccc65)cc4)cc3)cc2)cc1. The molecule has 7 aromatic rings. The third-order valence-corrected chi connectivity index (χ3v) is 8.78. The molecule has 8 rings (SSSR count). The highest BCUT2D eigenvalue weighted by molar-refractivity contribution is 5.82. The molecule has 0 unspecified atom stereocenters. The Kier molecular flexibility index (Phi) is 6.62. The zero-order valence-corrected chi connectivity index (χ0v) is 24.3. The van der Waals surface area contributed by atoms with Crippen molar-refractivity contribution >= 4 is 17.1 Å². The van der Waals surface area contributed by atoms with Gasteiger partial charge in [-0.05, 0) is 86.5 Å². The molecule has 0 fully saturated rings. The van der Waals surface area contributed by atoms with Crippen LogP contribution < -0.4 is 4.90 Å². The van der Waals surface area contributed by atoms with Crippen LogP contribution in [0.1, 0.15) is 22.6 Å². The summed E-state index contributed by atoms with van der Waals surface area (Å²) in [6.07, 6.45) is 0. The summed E-state index contributed by atoms with van der Waals surface area (Å²) >= 11 is 0. The lowest BCUT2D eigenvalue weighted by atomic mass is 9.88. The van der Waals surface area contributed by atoms with E-state index in [1.54, 1.807) is 0 Å². The number of benzene rings is 7. The predicted molar refractivity (Wildman–Crippen MR) is 185 cm³/mol. The largest absolute Gasteiger partial charge is 0.311 e. The molecule has 1 heteroatoms. The van der Waals surface area contributed by atoms with Gasteiger partial charge in [0.2, 0.25) is 0 Å². The van der Waals surface area contributed by atoms with Crippen LogP contribution in [-0.4, -0.2) is 0 Å². The first-order chi connectivity index (χ1) is 21.8. The number of rotatable bonds is 6. The topological polar surface area (TPSA) is 3.24 Å². The minimum absolute atomic E-state index is 0.270. The van der Waals surface area contributed by atoms with Crippen molar-refractivity contribution in [2.45, 2.75) is 5.92 Å². The van der Waals surface area contributed by atoms with Gasteiger partial charge in [0.1, 0.15) is 0 Å². The summed E-state index contributed by atoms with van der Waals surface area (Å²) in [7, 11) is 0. The molecule has 1 aliphatic carbocycles. The van der Waals surface area contributed by atoms with Crippen molar-refractivity contribution in [1.29, 1.82) is 0 Å². The summed E-state index contributed by atoms with van der Waals surface area (Å²) in [6, 6.07) is 65.7. The van der Waals surface area contributed by atoms with E-state index in [9.17, 15) is 0 Å². The van der Waals surface area contributed by atoms with Crippen LogP contribution in [0.5, 0.6) is 0 Å². The zero-order valence-electron chi connectivity index (χ0n) is 24.3. The van der Waals surface area contributed by atoms with E-state index in [0.29, 0.717) is 0 Å². The Hall–Kier alpha value is -5.66. The first kappa shape index (κ1) is 26.0. The summed E-state index contributed by atoms with van der Waals surface area (Å²) in [6.45, 7) is 0. The number of hydrogen-bond acceptors (Lipinski definition) is 1. The van der Waals surface area contributed by atoms with Gasteiger partial charge in [0, 0.05) is 23.0 Å². The molecule has 0 N–H and O–H groups in total. The molecule has 1 aliphatic rings. The molecule has 7 aromatic carbocycles. The van der Waals surface area contributed by atoms with Gasteiger partial charge in [0.05, 0.1) is 0 Å². The van der Waals surface area contributed by atoms with E-state index in [-0.39, 0.29) is 5.92 Å². The standard InChI is InChI=1S/C43H31N/c1-3-11-31(12-4-1)33-23-27-37(28-24-33)44(36-13-5-2-6-14-36)38-29-25-34(26-30-38)32-19-21-35(22-20-32)43-41-17-9-7-15-39(41)40-16-8-10-18-42(40)43/h1-30,43H. The quantitative estimate of drug-likeness (QED) is 0.195. The molecule has 0 saturated heterocycles. The van der Waals surface area contributed by atoms with Gasteiger partial charge in [-0.25, -0.2) is 0 Å². The van der Waals surface area contributed by atoms with Gasteiger partial charge >= 0.3 is 0 Å². The Labute approximate surface area is 259 Å². The fourth-order valence-electron chi connectivity index (χ4n) is 6.64. The summed E-state index contributed by atoms with van der Waals surface area (Å²) < 4.78 is 0. The van der Waals surface area contributed by atoms with Crippen LogP contribution in [0.15, 0.2) is 182 Å². The highest BCUT2D eigenvalue weighted by Crippen LogP contribution is 2.48. The molecule has 0 radical (unpaired) electrons. The minimum Gasteiger partial charge on any atom is -0.311 e. The van der Waals surface area contributed by atoms with E-state index in [1.165, 1.54) is 50.1 Å². The van der Waals surface area contributed by atoms with Crippen molar-refractivity contribution in [1.82, 2.24) is 0 Å². The summed E-state index contributed by atoms with van der Waals surface area (Å²) in [5.74, 6) is 0.270. The van der Waals surface area contributed by atoms with Crippen LogP contribution in [0, 0.1) is 0 Å². The first-order valence-corrected chi connectivity index (χ1v) is 15.2. The highest BCUT2D eigenvalue weighted by atomic mass is 15.1. The highest BCUT2D eigenvalue weighted by Gasteiger charge is 2.29. The third-order valence-electron chi connectivity index (χ3n) is 8.78. The molecule has 0 spiro atoms. The minimum atomic E-state index is 0.270. The lowest BCUT2D eigenvalue weighted by molar-refractivity contribution is 1.02. The molecule has 0 aliphatic heterocycles. The Morgan fingerprint density at radius 3 is 1.16 bits per heavy atom. The predicted octanol–water partition coefficient (Wildman–Crippen LogP) is 11.7. The molecule has 208 valence electrons. The van der Waals surface area contributed by atoms with E-state index in [0.717, 1.165) is 17.1 Å². The van der Waals surface area contributed by atoms with Gasteiger partial charge in [-0.1, -0.05) is 146 Å². The third kappa shape index (κ3) is 4.69. The van der Waals surface area contributed by atoms with Gasteiger partial charge in [-0.2, -0.15) is 0 Å². The molecule has 0 heterocycles. The van der Waals surface area contributed by atoms with Crippen molar-refractivity contribution < 1.29 is 0 Å². The molecule has 1 nitrogen and oxygen atoms in total. The van der Waals surface area contributed by atoms with Gasteiger partial charge in [-0.3, -0.25) is 0 Å². The maximum absolute atomic E-state index is 2.32. The molecule has 0 bridgehead atoms. The van der Waals surface area contributed by atoms with Crippen LogP contribution in [0.3, 0.4) is 0 Å². The van der Waals surface area contributed by atoms with Crippen LogP contribution >= 0.6 is 0 Å². The smallest absolute Gasteiger partial charge is 0.0462 e. The average Bonchev–Trinajstić information content (AvgIpc) is 3.44. The van der Waals surface area contributed by atoms with Gasteiger partial charge in [0.25, 0.3) is 0 Å². The second-order valence-corrected chi connectivity index (χ2v) is 11.4. The second kappa shape index (κ2) is 11.2. The van der Waals surface area contributed by atoms with Crippen molar-refractivity contribution in [3.8, 4) is 33.4 Å². The number of nitrogens with zero attached hydrogens (tertiary/aromatic N) is 1. The van der Waals surface area contributed by atoms with Crippen LogP contribution in [0.4, 0.5) is 17.1 Å². The maximum Gasteiger partial charge on any atom is 0.0462 e. The van der Waals surface area contributed by atoms with E-state index < -0.39 is 0 Å². The van der Waals surface area contributed by atoms with E-state index in [1.807, 2.05) is 0 Å². The van der Waals surface area contributed by atoms with E-state index >= 15 is 0 Å². The Balaban J connectivity index is 1.09. The normalized spacial score (nSPS) is 12.0. The first-order valence-electron chi connectivity index (χ1n) is 15.2. The van der Waals surface area contributed by atoms with Crippen LogP contribution in [-0.2, 0) is 0 Å². The fourth-order valence-corrected chi connectivity index (χ4v) is 6.64. The number of anilines is 3. The Morgan fingerprint density at radius 2 is 0.659 bits per heavy atom. The fraction of sp³-hybridized carbons (Fsp3) is 0.0233. The average molecular weight is 562 g/mol. The van der Waals surface area contributed by atoms with E-state index in [4.69, 9.17) is 0 Å². The number of para-hydroxylation sites is 1. The van der Waals surface area contributed by atoms with Crippen LogP contribution in [0.25, 0.3) is 33.4 Å². The maximum atomic E-state index is 2.32. The summed E-state index contributed by atoms with van der Waals surface area (Å²) in [4.78, 5) is 2.32. The van der Waals surface area contributed by atoms with Crippen LogP contribution in [0.2, 0.25) is 0 Å². The molecule has 0 saturated carbocycles. The zero-order chi connectivity index (χ0) is 29.3. The summed E-state index contributed by atoms with van der Waals surface area (Å²) in [5.41, 5.74) is 15.1. The molecule has 0 atom stereocenters. The number of fused-ring (bicyclic) bond motifs is 3. The van der Waals surface area contributed by atoms with E-state index in [2.05, 4.69) is 187 Å². The number of hydrogen-bond donors (Lipinski definition) is 0. The van der Waals surface area contributed by atoms with Crippen molar-refractivity contribution in [3.05, 3.63) is 199 Å². The molecule has 0 aromatic heterocycles. The lowest BCUT2D eigenvalue weighted by Crippen LogP contribution is -2.09. The van der Waals surface area contributed by atoms with Gasteiger partial charge in [0.15, 0.2) is 0 Å². The monoisotopic (exact) mass is 561 g/mol. The lowest BCUT2D eigenvalue weighted by Gasteiger charge is -2.26. The summed E-state index contributed by atoms with van der Waals surface area (Å²) in [5, 5.41) is 0. The molecule has 44 heavy (non-hydrogen) atoms. The van der Waals surface area contributed by atoms with Gasteiger partial charge in [-0.15, -0.1) is 0 Å². The molecular formula is C43H31N. The Bertz CT molecular complexity index is 1980. The molecular weight excluding hydrogens is 530 g/mol. The second-order valence-electron chi connectivity index (χ2n) is 11.4. The Morgan fingerprint density at radius 1 is 0.295 bits per heavy atom. The van der Waals surface area contributed by atoms with Crippen molar-refractivity contribution in [2.75, 3.05) is 4.90 Å². The molecule has 0 amide bonds. The van der Waals surface area contributed by atoms with Gasteiger partial charge < -0.3 is 4.90 Å². The van der Waals surface area contributed by atoms with Crippen molar-refractivity contribution in [2.24, 2.45) is 0 Å². The van der Waals surface area contributed by atoms with Crippen molar-refractivity contribution in [3.63, 3.8) is 0 Å².